The van der Waals surface area contributed by atoms with Gasteiger partial charge in [-0.05, 0) is 12.8 Å². The van der Waals surface area contributed by atoms with Gasteiger partial charge >= 0.3 is 5.97 Å². The maximum Gasteiger partial charge on any atom is 0.305 e. The zero-order chi connectivity index (χ0) is 13.7. The fourth-order valence-corrected chi connectivity index (χ4v) is 2.84. The molecule has 106 valence electrons. The number of thiazole rings is 1. The number of rotatable bonds is 8. The molecule has 19 heavy (non-hydrogen) atoms. The first kappa shape index (κ1) is 14.3. The summed E-state index contributed by atoms with van der Waals surface area (Å²) in [6.45, 7) is 1.60. The van der Waals surface area contributed by atoms with Crippen LogP contribution < -0.4 is 4.90 Å². The summed E-state index contributed by atoms with van der Waals surface area (Å²) in [4.78, 5) is 18.0. The van der Waals surface area contributed by atoms with Crippen LogP contribution in [0, 0.1) is 0 Å². The summed E-state index contributed by atoms with van der Waals surface area (Å²) < 4.78 is 9.78. The van der Waals surface area contributed by atoms with Crippen LogP contribution in [-0.4, -0.2) is 44.4 Å². The van der Waals surface area contributed by atoms with E-state index in [0.29, 0.717) is 25.5 Å². The minimum atomic E-state index is -0.187. The summed E-state index contributed by atoms with van der Waals surface area (Å²) in [6, 6.07) is 0.620. The molecular formula is C13H20N2O3S. The maximum atomic E-state index is 11.1. The number of methoxy groups -OCH3 is 2. The van der Waals surface area contributed by atoms with Crippen molar-refractivity contribution >= 4 is 22.4 Å². The van der Waals surface area contributed by atoms with E-state index in [9.17, 15) is 4.79 Å². The summed E-state index contributed by atoms with van der Waals surface area (Å²) >= 11 is 1.64. The normalized spacial score (nSPS) is 14.4. The largest absolute Gasteiger partial charge is 0.469 e. The summed E-state index contributed by atoms with van der Waals surface area (Å²) in [5.74, 6) is -0.187. The average Bonchev–Trinajstić information content (AvgIpc) is 3.15. The summed E-state index contributed by atoms with van der Waals surface area (Å²) in [5.41, 5.74) is 0.966. The van der Waals surface area contributed by atoms with E-state index in [1.807, 2.05) is 5.38 Å². The van der Waals surface area contributed by atoms with Crippen molar-refractivity contribution in [3.05, 3.63) is 11.1 Å². The van der Waals surface area contributed by atoms with E-state index in [2.05, 4.69) is 14.6 Å². The molecule has 0 unspecified atom stereocenters. The minimum Gasteiger partial charge on any atom is -0.469 e. The quantitative estimate of drug-likeness (QED) is 0.682. The fraction of sp³-hybridized carbons (Fsp3) is 0.692. The Bertz CT molecular complexity index is 418. The Hall–Kier alpha value is -1.14. The molecule has 0 aliphatic heterocycles. The van der Waals surface area contributed by atoms with Gasteiger partial charge in [0.25, 0.3) is 0 Å². The third-order valence-electron chi connectivity index (χ3n) is 3.12. The van der Waals surface area contributed by atoms with Gasteiger partial charge in [0.15, 0.2) is 5.13 Å². The van der Waals surface area contributed by atoms with Gasteiger partial charge in [-0.3, -0.25) is 4.79 Å². The van der Waals surface area contributed by atoms with Crippen LogP contribution >= 0.6 is 11.3 Å². The zero-order valence-corrected chi connectivity index (χ0v) is 12.2. The number of aryl methyl sites for hydroxylation is 1. The molecule has 5 nitrogen and oxygen atoms in total. The van der Waals surface area contributed by atoms with Crippen molar-refractivity contribution in [2.75, 3.05) is 32.3 Å². The van der Waals surface area contributed by atoms with Crippen LogP contribution in [0.25, 0.3) is 0 Å². The van der Waals surface area contributed by atoms with Crippen LogP contribution in [0.3, 0.4) is 0 Å². The number of carbonyl (C=O) groups is 1. The molecule has 1 aliphatic rings. The van der Waals surface area contributed by atoms with E-state index in [0.717, 1.165) is 17.4 Å². The van der Waals surface area contributed by atoms with E-state index in [1.165, 1.54) is 20.0 Å². The lowest BCUT2D eigenvalue weighted by molar-refractivity contribution is -0.140. The standard InChI is InChI=1S/C13H20N2O3S/c1-17-8-7-15(11-4-5-11)13-14-10(9-19-13)3-6-12(16)18-2/h9,11H,3-8H2,1-2H3. The molecule has 0 atom stereocenters. The molecule has 2 rings (SSSR count). The molecular weight excluding hydrogens is 264 g/mol. The predicted molar refractivity (Wildman–Crippen MR) is 74.7 cm³/mol. The second-order valence-corrected chi connectivity index (χ2v) is 5.45. The lowest BCUT2D eigenvalue weighted by Gasteiger charge is -2.20. The lowest BCUT2D eigenvalue weighted by Crippen LogP contribution is -2.29. The number of nitrogens with zero attached hydrogens (tertiary/aromatic N) is 2. The number of esters is 1. The molecule has 0 N–H and O–H groups in total. The zero-order valence-electron chi connectivity index (χ0n) is 11.4. The number of carbonyl (C=O) groups excluding carboxylic acids is 1. The van der Waals surface area contributed by atoms with Crippen LogP contribution in [0.15, 0.2) is 5.38 Å². The second-order valence-electron chi connectivity index (χ2n) is 4.61. The van der Waals surface area contributed by atoms with Gasteiger partial charge in [0.1, 0.15) is 0 Å². The lowest BCUT2D eigenvalue weighted by atomic mass is 10.2. The molecule has 0 amide bonds. The van der Waals surface area contributed by atoms with Gasteiger partial charge in [-0.15, -0.1) is 11.3 Å². The highest BCUT2D eigenvalue weighted by Crippen LogP contribution is 2.33. The van der Waals surface area contributed by atoms with Gasteiger partial charge in [-0.25, -0.2) is 4.98 Å². The molecule has 0 saturated heterocycles. The third-order valence-corrected chi connectivity index (χ3v) is 4.05. The topological polar surface area (TPSA) is 51.7 Å². The minimum absolute atomic E-state index is 0.187. The Labute approximate surface area is 117 Å². The molecule has 0 aromatic carbocycles. The van der Waals surface area contributed by atoms with Crippen molar-refractivity contribution in [1.29, 1.82) is 0 Å². The van der Waals surface area contributed by atoms with E-state index in [1.54, 1.807) is 18.4 Å². The molecule has 1 saturated carbocycles. The average molecular weight is 284 g/mol. The van der Waals surface area contributed by atoms with Crippen molar-refractivity contribution < 1.29 is 14.3 Å². The van der Waals surface area contributed by atoms with Crippen molar-refractivity contribution in [3.8, 4) is 0 Å². The van der Waals surface area contributed by atoms with E-state index < -0.39 is 0 Å². The second kappa shape index (κ2) is 6.86. The number of hydrogen-bond acceptors (Lipinski definition) is 6. The van der Waals surface area contributed by atoms with Gasteiger partial charge < -0.3 is 14.4 Å². The van der Waals surface area contributed by atoms with Gasteiger partial charge in [-0.1, -0.05) is 0 Å². The van der Waals surface area contributed by atoms with Crippen LogP contribution in [0.1, 0.15) is 25.0 Å². The molecule has 1 fully saturated rings. The molecule has 0 bridgehead atoms. The number of ether oxygens (including phenoxy) is 2. The Morgan fingerprint density at radius 3 is 2.95 bits per heavy atom. The molecule has 0 spiro atoms. The molecule has 0 radical (unpaired) electrons. The highest BCUT2D eigenvalue weighted by Gasteiger charge is 2.30. The Morgan fingerprint density at radius 2 is 2.32 bits per heavy atom. The van der Waals surface area contributed by atoms with Crippen LogP contribution in [0.5, 0.6) is 0 Å². The van der Waals surface area contributed by atoms with Gasteiger partial charge in [0.2, 0.25) is 0 Å². The Kier molecular flexibility index (Phi) is 5.15. The number of hydrogen-bond donors (Lipinski definition) is 0. The van der Waals surface area contributed by atoms with E-state index in [-0.39, 0.29) is 5.97 Å². The highest BCUT2D eigenvalue weighted by molar-refractivity contribution is 7.13. The first-order valence-corrected chi connectivity index (χ1v) is 7.39. The van der Waals surface area contributed by atoms with Gasteiger partial charge in [0.05, 0.1) is 25.8 Å². The van der Waals surface area contributed by atoms with Gasteiger partial charge in [-0.2, -0.15) is 0 Å². The van der Waals surface area contributed by atoms with E-state index >= 15 is 0 Å². The first-order valence-electron chi connectivity index (χ1n) is 6.51. The van der Waals surface area contributed by atoms with Crippen molar-refractivity contribution in [2.45, 2.75) is 31.7 Å². The van der Waals surface area contributed by atoms with Crippen LogP contribution in [0.2, 0.25) is 0 Å². The van der Waals surface area contributed by atoms with Crippen LogP contribution in [0.4, 0.5) is 5.13 Å². The molecule has 1 aromatic rings. The van der Waals surface area contributed by atoms with Crippen LogP contribution in [-0.2, 0) is 20.7 Å². The Balaban J connectivity index is 1.92. The maximum absolute atomic E-state index is 11.1. The molecule has 6 heteroatoms. The van der Waals surface area contributed by atoms with Crippen molar-refractivity contribution in [3.63, 3.8) is 0 Å². The molecule has 1 heterocycles. The van der Waals surface area contributed by atoms with E-state index in [4.69, 9.17) is 4.74 Å². The van der Waals surface area contributed by atoms with Crippen molar-refractivity contribution in [2.24, 2.45) is 0 Å². The Morgan fingerprint density at radius 1 is 1.53 bits per heavy atom. The summed E-state index contributed by atoms with van der Waals surface area (Å²) in [6.07, 6.45) is 3.51. The predicted octanol–water partition coefficient (Wildman–Crippen LogP) is 1.86. The fourth-order valence-electron chi connectivity index (χ4n) is 1.89. The highest BCUT2D eigenvalue weighted by atomic mass is 32.1. The monoisotopic (exact) mass is 284 g/mol. The molecule has 1 aromatic heterocycles. The number of aromatic nitrogens is 1. The smallest absolute Gasteiger partial charge is 0.305 e. The van der Waals surface area contributed by atoms with Gasteiger partial charge in [0, 0.05) is 31.5 Å². The number of anilines is 1. The molecule has 1 aliphatic carbocycles. The first-order chi connectivity index (χ1) is 9.24. The summed E-state index contributed by atoms with van der Waals surface area (Å²) in [7, 11) is 3.13. The third kappa shape index (κ3) is 4.18. The SMILES string of the molecule is COCCN(c1nc(CCC(=O)OC)cs1)C1CC1. The summed E-state index contributed by atoms with van der Waals surface area (Å²) in [5, 5.41) is 3.07. The van der Waals surface area contributed by atoms with Crippen molar-refractivity contribution in [1.82, 2.24) is 4.98 Å².